The summed E-state index contributed by atoms with van der Waals surface area (Å²) in [6.45, 7) is 0. The van der Waals surface area contributed by atoms with Gasteiger partial charge in [-0.1, -0.05) is 36.4 Å². The molecule has 0 saturated heterocycles. The number of aromatic nitrogens is 5. The Morgan fingerprint density at radius 3 is 2.20 bits per heavy atom. The topological polar surface area (TPSA) is 48.0 Å². The summed E-state index contributed by atoms with van der Waals surface area (Å²) in [6, 6.07) is 33.1. The van der Waals surface area contributed by atoms with E-state index in [0.717, 1.165) is 39.4 Å². The summed E-state index contributed by atoms with van der Waals surface area (Å²) in [5.74, 6) is 0. The van der Waals surface area contributed by atoms with Crippen LogP contribution < -0.4 is 0 Å². The maximum atomic E-state index is 5.06. The van der Waals surface area contributed by atoms with Gasteiger partial charge in [0, 0.05) is 45.8 Å². The average Bonchev–Trinajstić information content (AvgIpc) is 3.69. The van der Waals surface area contributed by atoms with Crippen molar-refractivity contribution >= 4 is 60.2 Å². The van der Waals surface area contributed by atoms with Gasteiger partial charge in [-0.05, 0) is 88.7 Å². The molecular formula is C36H21N5. The van der Waals surface area contributed by atoms with E-state index in [1.54, 1.807) is 0 Å². The molecule has 9 aromatic rings. The van der Waals surface area contributed by atoms with Gasteiger partial charge in [-0.2, -0.15) is 0 Å². The summed E-state index contributed by atoms with van der Waals surface area (Å²) in [5.41, 5.74) is 13.0. The Labute approximate surface area is 234 Å². The van der Waals surface area contributed by atoms with Crippen molar-refractivity contribution in [1.82, 2.24) is 23.9 Å². The van der Waals surface area contributed by atoms with Crippen molar-refractivity contribution in [3.8, 4) is 16.8 Å². The third-order valence-corrected chi connectivity index (χ3v) is 8.85. The Kier molecular flexibility index (Phi) is 3.92. The number of pyridine rings is 3. The van der Waals surface area contributed by atoms with E-state index < -0.39 is 0 Å². The summed E-state index contributed by atoms with van der Waals surface area (Å²) in [4.78, 5) is 13.9. The predicted octanol–water partition coefficient (Wildman–Crippen LogP) is 8.25. The van der Waals surface area contributed by atoms with Crippen molar-refractivity contribution in [3.05, 3.63) is 127 Å². The summed E-state index contributed by atoms with van der Waals surface area (Å²) < 4.78 is 4.66. The fourth-order valence-electron chi connectivity index (χ4n) is 7.11. The van der Waals surface area contributed by atoms with Crippen LogP contribution in [-0.4, -0.2) is 23.9 Å². The van der Waals surface area contributed by atoms with E-state index in [1.807, 2.05) is 30.9 Å². The molecule has 5 heterocycles. The molecule has 5 nitrogen and oxygen atoms in total. The lowest BCUT2D eigenvalue weighted by atomic mass is 9.98. The number of fused-ring (bicyclic) bond motifs is 14. The molecule has 0 unspecified atom stereocenters. The molecule has 0 spiro atoms. The zero-order valence-electron chi connectivity index (χ0n) is 21.9. The first-order chi connectivity index (χ1) is 20.3. The quantitative estimate of drug-likeness (QED) is 0.204. The zero-order valence-corrected chi connectivity index (χ0v) is 21.9. The molecule has 41 heavy (non-hydrogen) atoms. The minimum absolute atomic E-state index is 0.895. The second kappa shape index (κ2) is 7.55. The van der Waals surface area contributed by atoms with Crippen molar-refractivity contribution in [2.45, 2.75) is 6.42 Å². The van der Waals surface area contributed by atoms with Gasteiger partial charge < -0.3 is 4.57 Å². The van der Waals surface area contributed by atoms with Gasteiger partial charge in [0.25, 0.3) is 0 Å². The fourth-order valence-corrected chi connectivity index (χ4v) is 7.11. The second-order valence-corrected chi connectivity index (χ2v) is 11.0. The van der Waals surface area contributed by atoms with Gasteiger partial charge in [0.15, 0.2) is 0 Å². The van der Waals surface area contributed by atoms with Crippen LogP contribution in [-0.2, 0) is 6.42 Å². The first-order valence-corrected chi connectivity index (χ1v) is 13.9. The minimum Gasteiger partial charge on any atom is -0.309 e. The third kappa shape index (κ3) is 2.72. The molecule has 10 rings (SSSR count). The number of hydrogen-bond acceptors (Lipinski definition) is 3. The van der Waals surface area contributed by atoms with Crippen LogP contribution in [0.2, 0.25) is 0 Å². The van der Waals surface area contributed by atoms with Crippen LogP contribution in [0.25, 0.3) is 77.0 Å². The molecule has 4 aromatic carbocycles. The van der Waals surface area contributed by atoms with Crippen molar-refractivity contribution in [2.24, 2.45) is 0 Å². The molecule has 0 radical (unpaired) electrons. The maximum Gasteiger partial charge on any atom is 0.146 e. The SMILES string of the molecule is c1ccc(-n2c3ccccc3c3cc4c(cc32)Cc2cc3c(cc2-4)c2cnccc2n2c4ccncc4nc32)cc1. The summed E-state index contributed by atoms with van der Waals surface area (Å²) in [5, 5.41) is 6.02. The minimum atomic E-state index is 0.895. The number of para-hydroxylation sites is 2. The standard InChI is InChI=1S/C36H21N5/c1-2-6-23(7-3-1)40-32-9-5-4-8-24(32)28-18-26-22(16-35(28)40)14-21-15-29-27(17-25(21)26)30-19-37-12-10-33(30)41-34-11-13-38-20-31(34)39-36(29)41/h1-13,15-20H,14H2. The normalized spacial score (nSPS) is 12.8. The van der Waals surface area contributed by atoms with E-state index in [4.69, 9.17) is 4.98 Å². The Hall–Kier alpha value is -5.55. The number of imidazole rings is 1. The maximum absolute atomic E-state index is 5.06. The van der Waals surface area contributed by atoms with Crippen LogP contribution in [0.5, 0.6) is 0 Å². The monoisotopic (exact) mass is 523 g/mol. The van der Waals surface area contributed by atoms with Gasteiger partial charge >= 0.3 is 0 Å². The van der Waals surface area contributed by atoms with Crippen LogP contribution in [0.15, 0.2) is 116 Å². The predicted molar refractivity (Wildman–Crippen MR) is 166 cm³/mol. The first kappa shape index (κ1) is 21.3. The third-order valence-electron chi connectivity index (χ3n) is 8.85. The molecule has 0 atom stereocenters. The Morgan fingerprint density at radius 1 is 0.537 bits per heavy atom. The molecule has 0 N–H and O–H groups in total. The van der Waals surface area contributed by atoms with E-state index in [2.05, 4.69) is 104 Å². The summed E-state index contributed by atoms with van der Waals surface area (Å²) in [6.07, 6.45) is 8.43. The molecule has 1 aliphatic rings. The highest BCUT2D eigenvalue weighted by Gasteiger charge is 2.24. The molecule has 0 fully saturated rings. The van der Waals surface area contributed by atoms with Crippen LogP contribution in [0.3, 0.4) is 0 Å². The lowest BCUT2D eigenvalue weighted by Crippen LogP contribution is -1.93. The van der Waals surface area contributed by atoms with Gasteiger partial charge in [0.2, 0.25) is 0 Å². The average molecular weight is 524 g/mol. The zero-order chi connectivity index (χ0) is 26.7. The lowest BCUT2D eigenvalue weighted by Gasteiger charge is -2.11. The van der Waals surface area contributed by atoms with Crippen LogP contribution >= 0.6 is 0 Å². The molecule has 190 valence electrons. The number of rotatable bonds is 1. The Bertz CT molecular complexity index is 2550. The molecule has 0 aliphatic heterocycles. The molecule has 1 aliphatic carbocycles. The number of benzene rings is 4. The fraction of sp³-hybridized carbons (Fsp3) is 0.0278. The Morgan fingerprint density at radius 2 is 1.29 bits per heavy atom. The molecule has 5 aromatic heterocycles. The van der Waals surface area contributed by atoms with E-state index >= 15 is 0 Å². The highest BCUT2D eigenvalue weighted by Crippen LogP contribution is 2.45. The van der Waals surface area contributed by atoms with Gasteiger partial charge in [0.05, 0.1) is 28.3 Å². The second-order valence-electron chi connectivity index (χ2n) is 11.0. The molecule has 0 amide bonds. The molecular weight excluding hydrogens is 502 g/mol. The van der Waals surface area contributed by atoms with Gasteiger partial charge in [-0.25, -0.2) is 4.98 Å². The van der Waals surface area contributed by atoms with Gasteiger partial charge in [0.1, 0.15) is 11.2 Å². The molecule has 0 bridgehead atoms. The van der Waals surface area contributed by atoms with Crippen molar-refractivity contribution in [2.75, 3.05) is 0 Å². The number of hydrogen-bond donors (Lipinski definition) is 0. The van der Waals surface area contributed by atoms with E-state index in [9.17, 15) is 0 Å². The molecule has 0 saturated carbocycles. The van der Waals surface area contributed by atoms with Crippen molar-refractivity contribution in [3.63, 3.8) is 0 Å². The van der Waals surface area contributed by atoms with E-state index in [1.165, 1.54) is 55.1 Å². The van der Waals surface area contributed by atoms with Gasteiger partial charge in [-0.15, -0.1) is 0 Å². The van der Waals surface area contributed by atoms with Crippen LogP contribution in [0.4, 0.5) is 0 Å². The van der Waals surface area contributed by atoms with Crippen LogP contribution in [0.1, 0.15) is 11.1 Å². The van der Waals surface area contributed by atoms with E-state index in [0.29, 0.717) is 0 Å². The van der Waals surface area contributed by atoms with Crippen molar-refractivity contribution < 1.29 is 0 Å². The first-order valence-electron chi connectivity index (χ1n) is 13.9. The smallest absolute Gasteiger partial charge is 0.146 e. The Balaban J connectivity index is 1.30. The van der Waals surface area contributed by atoms with Gasteiger partial charge in [-0.3, -0.25) is 14.4 Å². The lowest BCUT2D eigenvalue weighted by molar-refractivity contribution is 1.17. The number of nitrogens with zero attached hydrogens (tertiary/aromatic N) is 5. The highest BCUT2D eigenvalue weighted by atomic mass is 15.0. The summed E-state index contributed by atoms with van der Waals surface area (Å²) >= 11 is 0. The largest absolute Gasteiger partial charge is 0.309 e. The van der Waals surface area contributed by atoms with Crippen LogP contribution in [0, 0.1) is 0 Å². The summed E-state index contributed by atoms with van der Waals surface area (Å²) in [7, 11) is 0. The van der Waals surface area contributed by atoms with E-state index in [-0.39, 0.29) is 0 Å². The molecule has 5 heteroatoms. The van der Waals surface area contributed by atoms with Crippen molar-refractivity contribution in [1.29, 1.82) is 0 Å². The highest BCUT2D eigenvalue weighted by molar-refractivity contribution is 6.16.